The molecule has 5 rings (SSSR count). The minimum absolute atomic E-state index is 0.0171. The molecule has 2 fully saturated rings. The van der Waals surface area contributed by atoms with E-state index in [9.17, 15) is 22.8 Å². The van der Waals surface area contributed by atoms with Crippen molar-refractivity contribution in [2.45, 2.75) is 44.3 Å². The van der Waals surface area contributed by atoms with Crippen LogP contribution in [-0.4, -0.2) is 52.0 Å². The Labute approximate surface area is 229 Å². The molecular formula is C29H28F3N5O3. The second-order valence-electron chi connectivity index (χ2n) is 10.0. The molecule has 2 amide bonds. The van der Waals surface area contributed by atoms with Crippen molar-refractivity contribution in [2.24, 2.45) is 0 Å². The Hall–Kier alpha value is -4.41. The molecule has 2 aromatic carbocycles. The van der Waals surface area contributed by atoms with Crippen molar-refractivity contribution in [3.8, 4) is 17.0 Å². The van der Waals surface area contributed by atoms with Gasteiger partial charge in [0.2, 0.25) is 5.91 Å². The van der Waals surface area contributed by atoms with Gasteiger partial charge in [0.25, 0.3) is 5.91 Å². The number of nitrogens with two attached hydrogens (primary N) is 1. The van der Waals surface area contributed by atoms with E-state index in [1.54, 1.807) is 13.0 Å². The van der Waals surface area contributed by atoms with E-state index in [4.69, 9.17) is 10.5 Å². The number of nitrogen functional groups attached to an aromatic ring is 1. The molecule has 0 bridgehead atoms. The maximum absolute atomic E-state index is 14.8. The highest BCUT2D eigenvalue weighted by Crippen LogP contribution is 2.41. The van der Waals surface area contributed by atoms with Crippen molar-refractivity contribution in [3.63, 3.8) is 0 Å². The normalized spacial score (nSPS) is 18.4. The van der Waals surface area contributed by atoms with Crippen LogP contribution in [0.5, 0.6) is 5.75 Å². The van der Waals surface area contributed by atoms with Gasteiger partial charge < -0.3 is 20.7 Å². The molecule has 40 heavy (non-hydrogen) atoms. The van der Waals surface area contributed by atoms with Crippen LogP contribution in [0.2, 0.25) is 0 Å². The number of carbonyl (C=O) groups is 2. The van der Waals surface area contributed by atoms with Crippen LogP contribution in [0.25, 0.3) is 11.3 Å². The summed E-state index contributed by atoms with van der Waals surface area (Å²) in [7, 11) is 0. The van der Waals surface area contributed by atoms with Gasteiger partial charge in [0.1, 0.15) is 36.4 Å². The number of alkyl halides is 1. The first-order valence-electron chi connectivity index (χ1n) is 12.9. The van der Waals surface area contributed by atoms with E-state index >= 15 is 0 Å². The number of rotatable bonds is 8. The van der Waals surface area contributed by atoms with Gasteiger partial charge in [-0.3, -0.25) is 9.59 Å². The fraction of sp³-hybridized carbons (Fsp3) is 0.310. The van der Waals surface area contributed by atoms with E-state index in [0.717, 1.165) is 30.5 Å². The Kier molecular flexibility index (Phi) is 7.46. The Morgan fingerprint density at radius 1 is 1.23 bits per heavy atom. The summed E-state index contributed by atoms with van der Waals surface area (Å²) in [5.74, 6) is -2.20. The summed E-state index contributed by atoms with van der Waals surface area (Å²) in [6.45, 7) is 4.89. The molecule has 0 radical (unpaired) electrons. The van der Waals surface area contributed by atoms with Gasteiger partial charge in [-0.2, -0.15) is 0 Å². The summed E-state index contributed by atoms with van der Waals surface area (Å²) in [5, 5.41) is 2.59. The Bertz CT molecular complexity index is 1490. The fourth-order valence-corrected chi connectivity index (χ4v) is 4.94. The van der Waals surface area contributed by atoms with Gasteiger partial charge in [-0.25, -0.2) is 23.1 Å². The van der Waals surface area contributed by atoms with Crippen LogP contribution in [0.3, 0.4) is 0 Å². The zero-order valence-corrected chi connectivity index (χ0v) is 21.8. The lowest BCUT2D eigenvalue weighted by molar-refractivity contribution is -0.127. The number of benzene rings is 2. The number of hydrogen-bond donors (Lipinski definition) is 2. The van der Waals surface area contributed by atoms with Gasteiger partial charge in [0.05, 0.1) is 18.2 Å². The minimum atomic E-state index is -1.22. The predicted molar refractivity (Wildman–Crippen MR) is 144 cm³/mol. The Morgan fingerprint density at radius 2 is 2.00 bits per heavy atom. The van der Waals surface area contributed by atoms with Crippen LogP contribution < -0.4 is 15.8 Å². The quantitative estimate of drug-likeness (QED) is 0.384. The summed E-state index contributed by atoms with van der Waals surface area (Å²) in [4.78, 5) is 34.6. The second kappa shape index (κ2) is 11.0. The molecule has 3 aromatic rings. The standard InChI is InChI=1S/C29H28F3N5O3/c1-3-25(38)37-12-19(31)9-20(37)13-40-27-26(34-14-35-28(27)33)22-10-18(30)11-24(15(22)2)36-29(39)21-7-6-17(8-23(21)32)16-4-5-16/h3,6-8,10-11,14,16,19-20H,1,4-5,9,12-13H2,2H3,(H,36,39)(H2,33,34,35). The van der Waals surface area contributed by atoms with Gasteiger partial charge in [-0.15, -0.1) is 0 Å². The third-order valence-electron chi connectivity index (χ3n) is 7.23. The summed E-state index contributed by atoms with van der Waals surface area (Å²) in [6, 6.07) is 6.26. The van der Waals surface area contributed by atoms with Crippen molar-refractivity contribution in [2.75, 3.05) is 24.2 Å². The van der Waals surface area contributed by atoms with E-state index in [2.05, 4.69) is 21.9 Å². The predicted octanol–water partition coefficient (Wildman–Crippen LogP) is 4.95. The smallest absolute Gasteiger partial charge is 0.258 e. The maximum Gasteiger partial charge on any atom is 0.258 e. The van der Waals surface area contributed by atoms with Gasteiger partial charge in [0, 0.05) is 17.7 Å². The topological polar surface area (TPSA) is 110 Å². The van der Waals surface area contributed by atoms with Gasteiger partial charge in [-0.05, 0) is 67.2 Å². The first kappa shape index (κ1) is 27.2. The van der Waals surface area contributed by atoms with E-state index in [1.807, 2.05) is 0 Å². The molecule has 1 saturated heterocycles. The molecule has 2 unspecified atom stereocenters. The van der Waals surface area contributed by atoms with Gasteiger partial charge >= 0.3 is 0 Å². The van der Waals surface area contributed by atoms with Crippen molar-refractivity contribution < 1.29 is 27.5 Å². The van der Waals surface area contributed by atoms with Gasteiger partial charge in [0.15, 0.2) is 11.6 Å². The largest absolute Gasteiger partial charge is 0.485 e. The van der Waals surface area contributed by atoms with Gasteiger partial charge in [-0.1, -0.05) is 12.6 Å². The number of carbonyl (C=O) groups excluding carboxylic acids is 2. The molecule has 1 aromatic heterocycles. The number of likely N-dealkylation sites (tertiary alicyclic amines) is 1. The van der Waals surface area contributed by atoms with E-state index < -0.39 is 35.7 Å². The number of amides is 2. The highest BCUT2D eigenvalue weighted by molar-refractivity contribution is 6.05. The average molecular weight is 552 g/mol. The number of anilines is 2. The molecule has 2 aliphatic rings. The molecule has 1 aliphatic heterocycles. The number of ether oxygens (including phenoxy) is 1. The number of hydrogen-bond acceptors (Lipinski definition) is 6. The number of halogens is 3. The summed E-state index contributed by atoms with van der Waals surface area (Å²) in [6.07, 6.45) is 3.13. The van der Waals surface area contributed by atoms with Crippen molar-refractivity contribution in [1.29, 1.82) is 0 Å². The molecule has 0 spiro atoms. The molecule has 208 valence electrons. The second-order valence-corrected chi connectivity index (χ2v) is 10.0. The van der Waals surface area contributed by atoms with Crippen LogP contribution in [-0.2, 0) is 4.79 Å². The summed E-state index contributed by atoms with van der Waals surface area (Å²) in [5.41, 5.74) is 7.67. The monoisotopic (exact) mass is 551 g/mol. The Morgan fingerprint density at radius 3 is 2.70 bits per heavy atom. The molecule has 3 N–H and O–H groups in total. The molecule has 8 nitrogen and oxygen atoms in total. The van der Waals surface area contributed by atoms with Crippen LogP contribution in [0, 0.1) is 18.6 Å². The Balaban J connectivity index is 1.42. The number of aromatic nitrogens is 2. The highest BCUT2D eigenvalue weighted by atomic mass is 19.1. The third kappa shape index (κ3) is 5.49. The molecule has 1 aliphatic carbocycles. The van der Waals surface area contributed by atoms with E-state index in [-0.39, 0.29) is 53.6 Å². The van der Waals surface area contributed by atoms with Crippen molar-refractivity contribution in [1.82, 2.24) is 14.9 Å². The first-order valence-corrected chi connectivity index (χ1v) is 12.9. The lowest BCUT2D eigenvalue weighted by Gasteiger charge is -2.24. The molecular weight excluding hydrogens is 523 g/mol. The fourth-order valence-electron chi connectivity index (χ4n) is 4.94. The molecule has 11 heteroatoms. The van der Waals surface area contributed by atoms with E-state index in [1.165, 1.54) is 29.4 Å². The summed E-state index contributed by atoms with van der Waals surface area (Å²) >= 11 is 0. The lowest BCUT2D eigenvalue weighted by Crippen LogP contribution is -2.38. The van der Waals surface area contributed by atoms with Crippen LogP contribution in [0.15, 0.2) is 49.3 Å². The highest BCUT2D eigenvalue weighted by Gasteiger charge is 2.35. The lowest BCUT2D eigenvalue weighted by atomic mass is 10.0. The molecule has 2 heterocycles. The van der Waals surface area contributed by atoms with Crippen LogP contribution in [0.4, 0.5) is 24.7 Å². The van der Waals surface area contributed by atoms with Crippen molar-refractivity contribution in [3.05, 3.63) is 77.6 Å². The third-order valence-corrected chi connectivity index (χ3v) is 7.23. The zero-order chi connectivity index (χ0) is 28.6. The maximum atomic E-state index is 14.8. The molecule has 1 saturated carbocycles. The molecule has 2 atom stereocenters. The van der Waals surface area contributed by atoms with Crippen LogP contribution >= 0.6 is 0 Å². The number of nitrogens with one attached hydrogen (secondary N) is 1. The van der Waals surface area contributed by atoms with Crippen molar-refractivity contribution >= 4 is 23.3 Å². The first-order chi connectivity index (χ1) is 19.2. The van der Waals surface area contributed by atoms with E-state index in [0.29, 0.717) is 11.5 Å². The SMILES string of the molecule is C=CC(=O)N1CC(F)CC1COc1c(N)ncnc1-c1cc(F)cc(NC(=O)c2ccc(C3CC3)cc2F)c1C. The minimum Gasteiger partial charge on any atom is -0.485 e. The summed E-state index contributed by atoms with van der Waals surface area (Å²) < 4.78 is 49.5. The van der Waals surface area contributed by atoms with Crippen LogP contribution in [0.1, 0.15) is 46.7 Å². The average Bonchev–Trinajstić information content (AvgIpc) is 3.71. The zero-order valence-electron chi connectivity index (χ0n) is 21.8. The number of nitrogens with zero attached hydrogens (tertiary/aromatic N) is 3.